The third kappa shape index (κ3) is 4.16. The van der Waals surface area contributed by atoms with Crippen LogP contribution in [0.2, 0.25) is 5.02 Å². The average Bonchev–Trinajstić information content (AvgIpc) is 3.33. The van der Waals surface area contributed by atoms with Gasteiger partial charge in [-0.2, -0.15) is 0 Å². The van der Waals surface area contributed by atoms with Crippen LogP contribution in [0.15, 0.2) is 30.5 Å². The number of aliphatic hydroxyl groups is 1. The lowest BCUT2D eigenvalue weighted by atomic mass is 10.1. The number of aromatic amines is 1. The lowest BCUT2D eigenvalue weighted by Crippen LogP contribution is -2.33. The number of hydrogen-bond donors (Lipinski definition) is 4. The monoisotopic (exact) mass is 412 g/mol. The Balaban J connectivity index is 1.78. The van der Waals surface area contributed by atoms with Crippen molar-refractivity contribution >= 4 is 28.8 Å². The van der Waals surface area contributed by atoms with Gasteiger partial charge in [0.2, 0.25) is 0 Å². The van der Waals surface area contributed by atoms with Gasteiger partial charge in [0, 0.05) is 28.9 Å². The van der Waals surface area contributed by atoms with Crippen LogP contribution in [0.4, 0.5) is 8.78 Å². The van der Waals surface area contributed by atoms with Crippen LogP contribution in [-0.4, -0.2) is 27.5 Å². The average molecular weight is 413 g/mol. The molecule has 5 N–H and O–H groups in total. The van der Waals surface area contributed by atoms with E-state index in [0.29, 0.717) is 15.6 Å². The maximum Gasteiger partial charge on any atom is 0.268 e. The first-order valence-corrected chi connectivity index (χ1v) is 9.02. The van der Waals surface area contributed by atoms with Crippen molar-refractivity contribution in [1.29, 1.82) is 0 Å². The number of aliphatic hydroxyl groups excluding tert-OH is 1. The zero-order chi connectivity index (χ0) is 19.6. The van der Waals surface area contributed by atoms with Gasteiger partial charge in [0.05, 0.1) is 12.6 Å². The molecule has 10 heteroatoms. The number of thiazole rings is 1. The summed E-state index contributed by atoms with van der Waals surface area (Å²) in [6.07, 6.45) is 1.55. The summed E-state index contributed by atoms with van der Waals surface area (Å²) in [6.45, 7) is -0.0515. The number of benzene rings is 1. The number of nitrogens with two attached hydrogens (primary N) is 1. The van der Waals surface area contributed by atoms with E-state index in [-0.39, 0.29) is 24.4 Å². The SMILES string of the molecule is NC[C@@H](NC(=O)c1ccc(-c2cc(F)c(Cl)c(F)c2)[nH]1)c1cnc(CO)s1. The molecule has 6 nitrogen and oxygen atoms in total. The van der Waals surface area contributed by atoms with Crippen LogP contribution in [0.5, 0.6) is 0 Å². The van der Waals surface area contributed by atoms with Crippen molar-refractivity contribution < 1.29 is 18.7 Å². The molecule has 142 valence electrons. The molecule has 0 aliphatic carbocycles. The predicted octanol–water partition coefficient (Wildman–Crippen LogP) is 2.99. The maximum absolute atomic E-state index is 13.6. The number of rotatable bonds is 6. The van der Waals surface area contributed by atoms with E-state index in [1.54, 1.807) is 6.20 Å². The second-order valence-electron chi connectivity index (χ2n) is 5.62. The Labute approximate surface area is 162 Å². The van der Waals surface area contributed by atoms with Crippen molar-refractivity contribution in [3.05, 3.63) is 62.7 Å². The number of nitrogens with zero attached hydrogens (tertiary/aromatic N) is 1. The molecule has 0 aliphatic heterocycles. The molecule has 0 saturated carbocycles. The van der Waals surface area contributed by atoms with Crippen LogP contribution < -0.4 is 11.1 Å². The first-order valence-electron chi connectivity index (χ1n) is 7.83. The Hall–Kier alpha value is -2.33. The van der Waals surface area contributed by atoms with E-state index in [4.69, 9.17) is 22.4 Å². The minimum Gasteiger partial charge on any atom is -0.389 e. The lowest BCUT2D eigenvalue weighted by molar-refractivity contribution is 0.0934. The van der Waals surface area contributed by atoms with Gasteiger partial charge in [0.15, 0.2) is 0 Å². The molecule has 0 bridgehead atoms. The number of H-pyrrole nitrogens is 1. The molecule has 0 unspecified atom stereocenters. The molecule has 0 fully saturated rings. The quantitative estimate of drug-likeness (QED) is 0.467. The van der Waals surface area contributed by atoms with Crippen molar-refractivity contribution in [2.75, 3.05) is 6.54 Å². The van der Waals surface area contributed by atoms with Crippen LogP contribution in [0.25, 0.3) is 11.3 Å². The standard InChI is InChI=1S/C17H15ClF2N4O2S/c18-16-9(19)3-8(4-10(16)20)11-1-2-12(23-11)17(26)24-13(5-21)14-6-22-15(7-25)27-14/h1-4,6,13,23,25H,5,7,21H2,(H,24,26)/t13-/m1/s1. The zero-order valence-electron chi connectivity index (χ0n) is 13.8. The van der Waals surface area contributed by atoms with Crippen molar-refractivity contribution in [1.82, 2.24) is 15.3 Å². The highest BCUT2D eigenvalue weighted by Crippen LogP contribution is 2.27. The van der Waals surface area contributed by atoms with E-state index < -0.39 is 28.6 Å². The summed E-state index contributed by atoms with van der Waals surface area (Å²) < 4.78 is 27.3. The second-order valence-corrected chi connectivity index (χ2v) is 7.14. The Morgan fingerprint density at radius 2 is 2.07 bits per heavy atom. The second kappa shape index (κ2) is 8.13. The maximum atomic E-state index is 13.6. The summed E-state index contributed by atoms with van der Waals surface area (Å²) in [4.78, 5) is 20.0. The van der Waals surface area contributed by atoms with E-state index >= 15 is 0 Å². The molecule has 0 spiro atoms. The fraction of sp³-hybridized carbons (Fsp3) is 0.176. The number of nitrogens with one attached hydrogen (secondary N) is 2. The fourth-order valence-electron chi connectivity index (χ4n) is 2.45. The fourth-order valence-corrected chi connectivity index (χ4v) is 3.40. The van der Waals surface area contributed by atoms with Gasteiger partial charge in [0.25, 0.3) is 5.91 Å². The highest BCUT2D eigenvalue weighted by molar-refractivity contribution is 7.11. The van der Waals surface area contributed by atoms with E-state index in [1.165, 1.54) is 23.5 Å². The van der Waals surface area contributed by atoms with Crippen molar-refractivity contribution in [2.45, 2.75) is 12.6 Å². The van der Waals surface area contributed by atoms with Gasteiger partial charge in [-0.15, -0.1) is 11.3 Å². The molecule has 3 aromatic rings. The number of aromatic nitrogens is 2. The van der Waals surface area contributed by atoms with E-state index in [1.807, 2.05) is 0 Å². The molecule has 1 atom stereocenters. The highest BCUT2D eigenvalue weighted by Gasteiger charge is 2.19. The summed E-state index contributed by atoms with van der Waals surface area (Å²) >= 11 is 6.73. The third-order valence-electron chi connectivity index (χ3n) is 3.82. The van der Waals surface area contributed by atoms with Gasteiger partial charge < -0.3 is 21.1 Å². The zero-order valence-corrected chi connectivity index (χ0v) is 15.4. The summed E-state index contributed by atoms with van der Waals surface area (Å²) in [5, 5.41) is 11.8. The molecule has 1 aromatic carbocycles. The van der Waals surface area contributed by atoms with Gasteiger partial charge >= 0.3 is 0 Å². The molecule has 0 aliphatic rings. The molecule has 2 heterocycles. The van der Waals surface area contributed by atoms with Gasteiger partial charge in [-0.3, -0.25) is 4.79 Å². The first-order chi connectivity index (χ1) is 12.9. The number of hydrogen-bond acceptors (Lipinski definition) is 5. The topological polar surface area (TPSA) is 104 Å². The van der Waals surface area contributed by atoms with E-state index in [2.05, 4.69) is 15.3 Å². The van der Waals surface area contributed by atoms with Gasteiger partial charge in [0.1, 0.15) is 27.4 Å². The Morgan fingerprint density at radius 1 is 1.37 bits per heavy atom. The van der Waals surface area contributed by atoms with Crippen LogP contribution in [-0.2, 0) is 6.61 Å². The number of carbonyl (C=O) groups excluding carboxylic acids is 1. The van der Waals surface area contributed by atoms with Crippen molar-refractivity contribution in [3.8, 4) is 11.3 Å². The summed E-state index contributed by atoms with van der Waals surface area (Å²) in [5.74, 6) is -2.22. The Morgan fingerprint density at radius 3 is 2.67 bits per heavy atom. The Bertz CT molecular complexity index is 953. The summed E-state index contributed by atoms with van der Waals surface area (Å²) in [7, 11) is 0. The van der Waals surface area contributed by atoms with Crippen LogP contribution in [0, 0.1) is 11.6 Å². The van der Waals surface area contributed by atoms with Crippen LogP contribution in [0.3, 0.4) is 0 Å². The smallest absolute Gasteiger partial charge is 0.268 e. The number of carbonyl (C=O) groups is 1. The van der Waals surface area contributed by atoms with E-state index in [0.717, 1.165) is 12.1 Å². The molecule has 3 rings (SSSR count). The van der Waals surface area contributed by atoms with Gasteiger partial charge in [-0.25, -0.2) is 13.8 Å². The summed E-state index contributed by atoms with van der Waals surface area (Å²) in [5.41, 5.74) is 6.50. The largest absolute Gasteiger partial charge is 0.389 e. The predicted molar refractivity (Wildman–Crippen MR) is 98.5 cm³/mol. The molecule has 27 heavy (non-hydrogen) atoms. The normalized spacial score (nSPS) is 12.2. The minimum absolute atomic E-state index is 0.139. The van der Waals surface area contributed by atoms with E-state index in [9.17, 15) is 13.6 Å². The molecular formula is C17H15ClF2N4O2S. The number of halogens is 3. The van der Waals surface area contributed by atoms with Crippen molar-refractivity contribution in [2.24, 2.45) is 5.73 Å². The molecule has 0 radical (unpaired) electrons. The molecule has 0 saturated heterocycles. The lowest BCUT2D eigenvalue weighted by Gasteiger charge is -2.14. The van der Waals surface area contributed by atoms with Gasteiger partial charge in [-0.05, 0) is 24.3 Å². The molecule has 2 aromatic heterocycles. The summed E-state index contributed by atoms with van der Waals surface area (Å²) in [6, 6.07) is 4.71. The number of amides is 1. The third-order valence-corrected chi connectivity index (χ3v) is 5.27. The Kier molecular flexibility index (Phi) is 5.85. The van der Waals surface area contributed by atoms with Crippen LogP contribution in [0.1, 0.15) is 26.4 Å². The molecule has 1 amide bonds. The molecular weight excluding hydrogens is 398 g/mol. The minimum atomic E-state index is -0.889. The van der Waals surface area contributed by atoms with Crippen LogP contribution >= 0.6 is 22.9 Å². The van der Waals surface area contributed by atoms with Gasteiger partial charge in [-0.1, -0.05) is 11.6 Å². The highest BCUT2D eigenvalue weighted by atomic mass is 35.5. The van der Waals surface area contributed by atoms with Crippen molar-refractivity contribution in [3.63, 3.8) is 0 Å². The first kappa shape index (κ1) is 19.4.